The molecule has 0 saturated heterocycles. The summed E-state index contributed by atoms with van der Waals surface area (Å²) in [4.78, 5) is 0. The predicted octanol–water partition coefficient (Wildman–Crippen LogP) is 7.80. The molecule has 0 amide bonds. The molecule has 170 valence electrons. The van der Waals surface area contributed by atoms with Gasteiger partial charge in [0.25, 0.3) is 0 Å². The van der Waals surface area contributed by atoms with Crippen molar-refractivity contribution in [1.29, 1.82) is 0 Å². The zero-order valence-electron chi connectivity index (χ0n) is 20.7. The molecule has 1 N–H and O–H groups in total. The molecule has 3 fully saturated rings. The second-order valence-electron chi connectivity index (χ2n) is 12.4. The van der Waals surface area contributed by atoms with Crippen molar-refractivity contribution in [2.45, 2.75) is 105 Å². The third-order valence-corrected chi connectivity index (χ3v) is 10.8. The Hall–Kier alpha value is -0.560. The van der Waals surface area contributed by atoms with Gasteiger partial charge in [-0.1, -0.05) is 65.3 Å². The van der Waals surface area contributed by atoms with Crippen molar-refractivity contribution < 1.29 is 5.11 Å². The van der Waals surface area contributed by atoms with Crippen LogP contribution in [0.5, 0.6) is 0 Å². The number of aliphatic hydroxyl groups is 1. The highest BCUT2D eigenvalue weighted by Crippen LogP contribution is 2.67. The van der Waals surface area contributed by atoms with Crippen molar-refractivity contribution >= 4 is 0 Å². The minimum absolute atomic E-state index is 0.0870. The fraction of sp³-hybridized carbons (Fsp3) is 0.862. The number of hydrogen-bond acceptors (Lipinski definition) is 1. The first-order valence-corrected chi connectivity index (χ1v) is 13.3. The second kappa shape index (κ2) is 8.42. The lowest BCUT2D eigenvalue weighted by molar-refractivity contribution is -0.0540. The average Bonchev–Trinajstić information content (AvgIpc) is 3.06. The number of fused-ring (bicyclic) bond motifs is 5. The standard InChI is InChI=1S/C29H48O/c1-7-21(19(2)3)9-8-20(4)25-12-13-26-24-11-10-22-18-23(30)14-16-28(22,5)27(24)15-17-29(25,26)6/h8-10,19-21,23-27,30H,7,11-18H2,1-6H3/b9-8+/t20-,21+,23+,24-,25+,26+,27+,28-,29+/m0/s1. The monoisotopic (exact) mass is 412 g/mol. The van der Waals surface area contributed by atoms with Crippen molar-refractivity contribution in [3.05, 3.63) is 23.8 Å². The molecule has 0 radical (unpaired) electrons. The van der Waals surface area contributed by atoms with E-state index in [2.05, 4.69) is 59.8 Å². The van der Waals surface area contributed by atoms with E-state index in [0.717, 1.165) is 48.3 Å². The molecule has 30 heavy (non-hydrogen) atoms. The zero-order chi connectivity index (χ0) is 21.7. The number of hydrogen-bond donors (Lipinski definition) is 1. The van der Waals surface area contributed by atoms with Gasteiger partial charge in [-0.2, -0.15) is 0 Å². The molecule has 0 bridgehead atoms. The summed E-state index contributed by atoms with van der Waals surface area (Å²) in [6.07, 6.45) is 19.1. The molecule has 0 aromatic carbocycles. The highest BCUT2D eigenvalue weighted by atomic mass is 16.3. The number of rotatable bonds is 5. The molecule has 4 aliphatic carbocycles. The highest BCUT2D eigenvalue weighted by molar-refractivity contribution is 5.25. The maximum absolute atomic E-state index is 10.2. The van der Waals surface area contributed by atoms with Gasteiger partial charge in [-0.3, -0.25) is 0 Å². The van der Waals surface area contributed by atoms with E-state index < -0.39 is 0 Å². The van der Waals surface area contributed by atoms with Gasteiger partial charge in [0.05, 0.1) is 6.10 Å². The molecule has 0 aromatic heterocycles. The molecular formula is C29H48O. The summed E-state index contributed by atoms with van der Waals surface area (Å²) in [5.74, 6) is 5.70. The van der Waals surface area contributed by atoms with Gasteiger partial charge in [0.1, 0.15) is 0 Å². The quantitative estimate of drug-likeness (QED) is 0.457. The largest absolute Gasteiger partial charge is 0.393 e. The van der Waals surface area contributed by atoms with Crippen LogP contribution in [0.2, 0.25) is 0 Å². The lowest BCUT2D eigenvalue weighted by Gasteiger charge is -2.58. The van der Waals surface area contributed by atoms with Gasteiger partial charge in [-0.05, 0) is 110 Å². The summed E-state index contributed by atoms with van der Waals surface area (Å²) >= 11 is 0. The van der Waals surface area contributed by atoms with Crippen molar-refractivity contribution in [3.8, 4) is 0 Å². The van der Waals surface area contributed by atoms with E-state index in [-0.39, 0.29) is 6.10 Å². The molecule has 0 aliphatic heterocycles. The molecule has 0 spiro atoms. The van der Waals surface area contributed by atoms with E-state index in [9.17, 15) is 5.11 Å². The third kappa shape index (κ3) is 3.66. The van der Waals surface area contributed by atoms with Crippen LogP contribution in [0.4, 0.5) is 0 Å². The second-order valence-corrected chi connectivity index (χ2v) is 12.4. The first-order chi connectivity index (χ1) is 14.2. The van der Waals surface area contributed by atoms with E-state index >= 15 is 0 Å². The fourth-order valence-electron chi connectivity index (χ4n) is 8.83. The van der Waals surface area contributed by atoms with Crippen LogP contribution < -0.4 is 0 Å². The molecule has 0 heterocycles. The van der Waals surface area contributed by atoms with Crippen LogP contribution in [0.3, 0.4) is 0 Å². The van der Waals surface area contributed by atoms with Crippen molar-refractivity contribution in [2.75, 3.05) is 0 Å². The van der Waals surface area contributed by atoms with Gasteiger partial charge >= 0.3 is 0 Å². The van der Waals surface area contributed by atoms with Gasteiger partial charge in [0.15, 0.2) is 0 Å². The van der Waals surface area contributed by atoms with Gasteiger partial charge in [-0.25, -0.2) is 0 Å². The van der Waals surface area contributed by atoms with E-state index in [0.29, 0.717) is 16.7 Å². The molecular weight excluding hydrogens is 364 g/mol. The maximum atomic E-state index is 10.2. The van der Waals surface area contributed by atoms with Crippen molar-refractivity contribution in [3.63, 3.8) is 0 Å². The summed E-state index contributed by atoms with van der Waals surface area (Å²) in [6, 6.07) is 0. The molecule has 4 rings (SSSR count). The Morgan fingerprint density at radius 1 is 1.03 bits per heavy atom. The lowest BCUT2D eigenvalue weighted by atomic mass is 9.47. The van der Waals surface area contributed by atoms with Crippen LogP contribution in [0.1, 0.15) is 99.3 Å². The van der Waals surface area contributed by atoms with Crippen LogP contribution in [0.25, 0.3) is 0 Å². The van der Waals surface area contributed by atoms with E-state index in [1.54, 1.807) is 5.57 Å². The average molecular weight is 413 g/mol. The molecule has 0 unspecified atom stereocenters. The minimum Gasteiger partial charge on any atom is -0.393 e. The molecule has 9 atom stereocenters. The normalized spacial score (nSPS) is 45.6. The summed E-state index contributed by atoms with van der Waals surface area (Å²) in [5, 5.41) is 10.2. The zero-order valence-corrected chi connectivity index (χ0v) is 20.7. The smallest absolute Gasteiger partial charge is 0.0577 e. The van der Waals surface area contributed by atoms with Gasteiger partial charge in [0.2, 0.25) is 0 Å². The fourth-order valence-corrected chi connectivity index (χ4v) is 8.83. The molecule has 0 aromatic rings. The Morgan fingerprint density at radius 2 is 1.80 bits per heavy atom. The highest BCUT2D eigenvalue weighted by Gasteiger charge is 2.58. The third-order valence-electron chi connectivity index (χ3n) is 10.8. The Bertz CT molecular complexity index is 674. The maximum Gasteiger partial charge on any atom is 0.0577 e. The summed E-state index contributed by atoms with van der Waals surface area (Å²) in [6.45, 7) is 14.8. The SMILES string of the molecule is CC[C@H](/C=C/[C@H](C)[C@H]1CC[C@@H]2[C@@H]3CC=C4C[C@H](O)CC[C@]4(C)[C@@H]3CC[C@@]21C)C(C)C. The van der Waals surface area contributed by atoms with Crippen LogP contribution in [-0.2, 0) is 0 Å². The van der Waals surface area contributed by atoms with Crippen molar-refractivity contribution in [2.24, 2.45) is 52.3 Å². The summed E-state index contributed by atoms with van der Waals surface area (Å²) < 4.78 is 0. The van der Waals surface area contributed by atoms with Crippen LogP contribution >= 0.6 is 0 Å². The predicted molar refractivity (Wildman–Crippen MR) is 128 cm³/mol. The summed E-state index contributed by atoms with van der Waals surface area (Å²) in [5.41, 5.74) is 2.51. The molecule has 4 aliphatic rings. The van der Waals surface area contributed by atoms with Gasteiger partial charge in [0, 0.05) is 0 Å². The van der Waals surface area contributed by atoms with Crippen LogP contribution in [-0.4, -0.2) is 11.2 Å². The Labute approximate surface area is 186 Å². The van der Waals surface area contributed by atoms with E-state index in [1.165, 1.54) is 44.9 Å². The number of allylic oxidation sites excluding steroid dienone is 3. The Kier molecular flexibility index (Phi) is 6.35. The van der Waals surface area contributed by atoms with Gasteiger partial charge in [-0.15, -0.1) is 0 Å². The van der Waals surface area contributed by atoms with E-state index in [4.69, 9.17) is 0 Å². The van der Waals surface area contributed by atoms with E-state index in [1.807, 2.05) is 0 Å². The minimum atomic E-state index is -0.0870. The van der Waals surface area contributed by atoms with Crippen LogP contribution in [0, 0.1) is 52.3 Å². The molecule has 3 saturated carbocycles. The van der Waals surface area contributed by atoms with Gasteiger partial charge < -0.3 is 5.11 Å². The molecule has 1 heteroatoms. The van der Waals surface area contributed by atoms with Crippen LogP contribution in [0.15, 0.2) is 23.8 Å². The Morgan fingerprint density at radius 3 is 2.50 bits per heavy atom. The lowest BCUT2D eigenvalue weighted by Crippen LogP contribution is -2.50. The Balaban J connectivity index is 1.52. The first-order valence-electron chi connectivity index (χ1n) is 13.3. The topological polar surface area (TPSA) is 20.2 Å². The molecule has 1 nitrogen and oxygen atoms in total. The summed E-state index contributed by atoms with van der Waals surface area (Å²) in [7, 11) is 0. The first kappa shape index (κ1) is 22.6. The number of aliphatic hydroxyl groups excluding tert-OH is 1. The van der Waals surface area contributed by atoms with Crippen molar-refractivity contribution in [1.82, 2.24) is 0 Å².